The van der Waals surface area contributed by atoms with Crippen LogP contribution >= 0.6 is 0 Å². The first-order chi connectivity index (χ1) is 12.6. The number of halogens is 1. The summed E-state index contributed by atoms with van der Waals surface area (Å²) in [6, 6.07) is 10.8. The number of sulfonamides is 1. The van der Waals surface area contributed by atoms with Crippen LogP contribution in [0.4, 0.5) is 10.1 Å². The molecule has 2 aromatic rings. The number of rotatable bonds is 7. The van der Waals surface area contributed by atoms with Gasteiger partial charge in [-0.2, -0.15) is 0 Å². The number of carbonyl (C=O) groups is 1. The van der Waals surface area contributed by atoms with E-state index < -0.39 is 28.0 Å². The summed E-state index contributed by atoms with van der Waals surface area (Å²) in [5, 5.41) is 2.77. The Kier molecular flexibility index (Phi) is 6.43. The average Bonchev–Trinajstić information content (AvgIpc) is 2.61. The minimum Gasteiger partial charge on any atom is -0.497 e. The van der Waals surface area contributed by atoms with Crippen LogP contribution in [-0.4, -0.2) is 33.7 Å². The van der Waals surface area contributed by atoms with Crippen molar-refractivity contribution in [3.63, 3.8) is 0 Å². The Balaban J connectivity index is 2.22. The van der Waals surface area contributed by atoms with E-state index in [1.54, 1.807) is 43.3 Å². The molecule has 0 saturated heterocycles. The largest absolute Gasteiger partial charge is 0.497 e. The number of nitrogens with one attached hydrogen (secondary N) is 1. The Morgan fingerprint density at radius 1 is 1.07 bits per heavy atom. The lowest BCUT2D eigenvalue weighted by molar-refractivity contribution is -0.122. The maximum Gasteiger partial charge on any atom is 0.244 e. The Bertz CT molecular complexity index is 883. The summed E-state index contributed by atoms with van der Waals surface area (Å²) >= 11 is 0. The first kappa shape index (κ1) is 20.7. The minimum atomic E-state index is -3.71. The molecule has 1 N–H and O–H groups in total. The maximum absolute atomic E-state index is 13.1. The number of hydrogen-bond acceptors (Lipinski definition) is 4. The van der Waals surface area contributed by atoms with Gasteiger partial charge in [-0.25, -0.2) is 12.8 Å². The molecule has 2 aromatic carbocycles. The van der Waals surface area contributed by atoms with Gasteiger partial charge >= 0.3 is 0 Å². The molecule has 2 atom stereocenters. The van der Waals surface area contributed by atoms with E-state index in [0.717, 1.165) is 10.6 Å². The van der Waals surface area contributed by atoms with Crippen LogP contribution in [0.5, 0.6) is 5.75 Å². The van der Waals surface area contributed by atoms with Gasteiger partial charge in [-0.05, 0) is 55.8 Å². The third-order valence-corrected chi connectivity index (χ3v) is 5.39. The molecule has 146 valence electrons. The lowest BCUT2D eigenvalue weighted by Crippen LogP contribution is -2.48. The Labute approximate surface area is 159 Å². The topological polar surface area (TPSA) is 75.7 Å². The number of ether oxygens (including phenoxy) is 1. The first-order valence-corrected chi connectivity index (χ1v) is 10.2. The smallest absolute Gasteiger partial charge is 0.244 e. The molecule has 0 saturated carbocycles. The Morgan fingerprint density at radius 2 is 1.63 bits per heavy atom. The second kappa shape index (κ2) is 8.39. The van der Waals surface area contributed by atoms with Crippen molar-refractivity contribution in [3.8, 4) is 5.75 Å². The van der Waals surface area contributed by atoms with E-state index in [4.69, 9.17) is 4.74 Å². The predicted molar refractivity (Wildman–Crippen MR) is 103 cm³/mol. The van der Waals surface area contributed by atoms with Gasteiger partial charge in [0.1, 0.15) is 17.6 Å². The Morgan fingerprint density at radius 3 is 2.11 bits per heavy atom. The van der Waals surface area contributed by atoms with Crippen molar-refractivity contribution < 1.29 is 22.3 Å². The van der Waals surface area contributed by atoms with Crippen molar-refractivity contribution in [3.05, 3.63) is 59.9 Å². The van der Waals surface area contributed by atoms with Crippen LogP contribution in [-0.2, 0) is 14.8 Å². The predicted octanol–water partition coefficient (Wildman–Crippen LogP) is 2.87. The molecule has 0 aliphatic carbocycles. The van der Waals surface area contributed by atoms with E-state index in [0.29, 0.717) is 17.0 Å². The molecular formula is C19H23FN2O4S. The minimum absolute atomic E-state index is 0.357. The monoisotopic (exact) mass is 394 g/mol. The molecule has 0 fully saturated rings. The molecular weight excluding hydrogens is 371 g/mol. The summed E-state index contributed by atoms with van der Waals surface area (Å²) in [5.41, 5.74) is 1.07. The summed E-state index contributed by atoms with van der Waals surface area (Å²) in [7, 11) is -2.20. The highest BCUT2D eigenvalue weighted by molar-refractivity contribution is 7.92. The fourth-order valence-corrected chi connectivity index (χ4v) is 3.88. The normalized spacial score (nSPS) is 13.5. The van der Waals surface area contributed by atoms with E-state index in [2.05, 4.69) is 5.32 Å². The van der Waals surface area contributed by atoms with E-state index in [1.807, 2.05) is 0 Å². The molecule has 0 heterocycles. The van der Waals surface area contributed by atoms with Gasteiger partial charge in [-0.15, -0.1) is 0 Å². The molecule has 0 aliphatic rings. The van der Waals surface area contributed by atoms with Crippen LogP contribution < -0.4 is 14.4 Å². The third-order valence-electron chi connectivity index (χ3n) is 4.14. The van der Waals surface area contributed by atoms with Crippen LogP contribution in [0.2, 0.25) is 0 Å². The molecule has 8 heteroatoms. The van der Waals surface area contributed by atoms with Crippen molar-refractivity contribution >= 4 is 21.6 Å². The molecule has 0 aliphatic heterocycles. The quantitative estimate of drug-likeness (QED) is 0.784. The van der Waals surface area contributed by atoms with Gasteiger partial charge in [-0.3, -0.25) is 9.10 Å². The first-order valence-electron chi connectivity index (χ1n) is 8.32. The standard InChI is InChI=1S/C19H23FN2O4S/c1-13(15-5-7-16(20)8-6-15)21-19(23)14(2)22(27(4,24)25)17-9-11-18(26-3)12-10-17/h5-14H,1-4H3,(H,21,23)/t13-,14+/m1/s1. The number of benzene rings is 2. The summed E-state index contributed by atoms with van der Waals surface area (Å²) in [6.45, 7) is 3.26. The zero-order valence-corrected chi connectivity index (χ0v) is 16.5. The van der Waals surface area contributed by atoms with Gasteiger partial charge in [0, 0.05) is 0 Å². The molecule has 0 radical (unpaired) electrons. The van der Waals surface area contributed by atoms with Crippen LogP contribution in [0.25, 0.3) is 0 Å². The number of hydrogen-bond donors (Lipinski definition) is 1. The van der Waals surface area contributed by atoms with E-state index in [-0.39, 0.29) is 5.82 Å². The molecule has 0 aromatic heterocycles. The van der Waals surface area contributed by atoms with Crippen molar-refractivity contribution in [1.29, 1.82) is 0 Å². The lowest BCUT2D eigenvalue weighted by Gasteiger charge is -2.29. The fraction of sp³-hybridized carbons (Fsp3) is 0.316. The van der Waals surface area contributed by atoms with Crippen molar-refractivity contribution in [2.24, 2.45) is 0 Å². The number of anilines is 1. The van der Waals surface area contributed by atoms with Gasteiger partial charge in [0.05, 0.1) is 25.1 Å². The number of amides is 1. The van der Waals surface area contributed by atoms with E-state index in [1.165, 1.54) is 26.2 Å². The van der Waals surface area contributed by atoms with E-state index >= 15 is 0 Å². The second-order valence-electron chi connectivity index (χ2n) is 6.21. The van der Waals surface area contributed by atoms with Gasteiger partial charge < -0.3 is 10.1 Å². The molecule has 2 rings (SSSR count). The fourth-order valence-electron chi connectivity index (χ4n) is 2.71. The van der Waals surface area contributed by atoms with Gasteiger partial charge in [0.2, 0.25) is 15.9 Å². The van der Waals surface area contributed by atoms with Crippen molar-refractivity contribution in [2.75, 3.05) is 17.7 Å². The highest BCUT2D eigenvalue weighted by Gasteiger charge is 2.29. The van der Waals surface area contributed by atoms with Gasteiger partial charge in [0.15, 0.2) is 0 Å². The summed E-state index contributed by atoms with van der Waals surface area (Å²) in [5.74, 6) is -0.254. The Hall–Kier alpha value is -2.61. The molecule has 0 unspecified atom stereocenters. The van der Waals surface area contributed by atoms with Crippen molar-refractivity contribution in [2.45, 2.75) is 25.9 Å². The van der Waals surface area contributed by atoms with Crippen molar-refractivity contribution in [1.82, 2.24) is 5.32 Å². The third kappa shape index (κ3) is 5.19. The summed E-state index contributed by atoms with van der Waals surface area (Å²) < 4.78 is 43.8. The SMILES string of the molecule is COc1ccc(N([C@@H](C)C(=O)N[C@H](C)c2ccc(F)cc2)S(C)(=O)=O)cc1. The lowest BCUT2D eigenvalue weighted by atomic mass is 10.1. The average molecular weight is 394 g/mol. The maximum atomic E-state index is 13.1. The van der Waals surface area contributed by atoms with Crippen LogP contribution in [0.3, 0.4) is 0 Å². The number of nitrogens with zero attached hydrogens (tertiary/aromatic N) is 1. The van der Waals surface area contributed by atoms with E-state index in [9.17, 15) is 17.6 Å². The number of carbonyl (C=O) groups excluding carboxylic acids is 1. The molecule has 0 spiro atoms. The van der Waals surface area contributed by atoms with Crippen LogP contribution in [0.15, 0.2) is 48.5 Å². The van der Waals surface area contributed by atoms with Gasteiger partial charge in [0.25, 0.3) is 0 Å². The molecule has 27 heavy (non-hydrogen) atoms. The van der Waals surface area contributed by atoms with Crippen LogP contribution in [0.1, 0.15) is 25.5 Å². The number of methoxy groups -OCH3 is 1. The molecule has 0 bridgehead atoms. The second-order valence-corrected chi connectivity index (χ2v) is 8.07. The summed E-state index contributed by atoms with van der Waals surface area (Å²) in [6.07, 6.45) is 1.05. The molecule has 6 nitrogen and oxygen atoms in total. The zero-order valence-electron chi connectivity index (χ0n) is 15.6. The zero-order chi connectivity index (χ0) is 20.2. The summed E-state index contributed by atoms with van der Waals surface area (Å²) in [4.78, 5) is 12.7. The van der Waals surface area contributed by atoms with Crippen LogP contribution in [0, 0.1) is 5.82 Å². The van der Waals surface area contributed by atoms with Gasteiger partial charge in [-0.1, -0.05) is 12.1 Å². The molecule has 1 amide bonds. The highest BCUT2D eigenvalue weighted by Crippen LogP contribution is 2.24. The highest BCUT2D eigenvalue weighted by atomic mass is 32.2.